The summed E-state index contributed by atoms with van der Waals surface area (Å²) >= 11 is 0. The lowest BCUT2D eigenvalue weighted by molar-refractivity contribution is -0.151. The molecule has 1 saturated heterocycles. The molecule has 0 bridgehead atoms. The standard InChI is InChI=1S/C48H64N8O9/c1-5-31(3)41-46(62)56(6-2)38(26-25-32-18-10-7-11-19-32)45(61)55(4)39(30-40(49)57)44(60)51-36(28-33-20-12-8-13-21-33)42(58)50-27-17-16-24-35(43(59)54-41)52-48(65)53-37(47(63)64)29-34-22-14-9-15-23-34/h7-15,18-23,31,35-39,41H,5-6,16-17,24-30H2,1-4H3,(H2,49,57)(H,50,58)(H,51,60)(H,54,59)(H,63,64)(H2,52,53,65). The summed E-state index contributed by atoms with van der Waals surface area (Å²) in [6.45, 7) is 5.42. The molecule has 0 radical (unpaired) electrons. The fourth-order valence-corrected chi connectivity index (χ4v) is 7.80. The number of nitrogens with one attached hydrogen (secondary N) is 5. The lowest BCUT2D eigenvalue weighted by Crippen LogP contribution is -2.62. The number of benzene rings is 3. The van der Waals surface area contributed by atoms with Gasteiger partial charge in [0, 0.05) is 33.0 Å². The van der Waals surface area contributed by atoms with Crippen molar-refractivity contribution in [3.63, 3.8) is 0 Å². The maximum Gasteiger partial charge on any atom is 0.326 e. The highest BCUT2D eigenvalue weighted by atomic mass is 16.4. The van der Waals surface area contributed by atoms with Crippen molar-refractivity contribution in [1.82, 2.24) is 36.4 Å². The molecule has 0 spiro atoms. The summed E-state index contributed by atoms with van der Waals surface area (Å²) in [7, 11) is 1.35. The number of carbonyl (C=O) groups is 8. The van der Waals surface area contributed by atoms with E-state index < -0.39 is 96.0 Å². The maximum absolute atomic E-state index is 14.9. The van der Waals surface area contributed by atoms with Gasteiger partial charge in [-0.3, -0.25) is 28.8 Å². The Balaban J connectivity index is 1.76. The van der Waals surface area contributed by atoms with Crippen LogP contribution in [-0.4, -0.2) is 119 Å². The summed E-state index contributed by atoms with van der Waals surface area (Å²) in [5.74, 6) is -5.94. The summed E-state index contributed by atoms with van der Waals surface area (Å²) in [5, 5.41) is 23.5. The Morgan fingerprint density at radius 2 is 1.38 bits per heavy atom. The van der Waals surface area contributed by atoms with E-state index in [-0.39, 0.29) is 45.2 Å². The number of likely N-dealkylation sites (N-methyl/N-ethyl adjacent to an activating group) is 2. The number of carbonyl (C=O) groups excluding carboxylic acids is 7. The van der Waals surface area contributed by atoms with Gasteiger partial charge in [-0.05, 0) is 61.6 Å². The SMILES string of the molecule is CCC(C)C1NC(=O)C(NC(=O)NC(Cc2ccccc2)C(=O)O)CCCCNC(=O)C(Cc2ccccc2)NC(=O)C(CC(N)=O)N(C)C(=O)C(CCc2ccccc2)N(CC)C1=O. The number of urea groups is 1. The molecule has 3 aromatic rings. The fourth-order valence-electron chi connectivity index (χ4n) is 7.80. The zero-order chi connectivity index (χ0) is 47.5. The number of hydrogen-bond acceptors (Lipinski definition) is 8. The zero-order valence-electron chi connectivity index (χ0n) is 37.7. The number of nitrogens with zero attached hydrogens (tertiary/aromatic N) is 2. The molecule has 7 atom stereocenters. The molecule has 0 saturated carbocycles. The summed E-state index contributed by atoms with van der Waals surface area (Å²) < 4.78 is 0. The first-order valence-electron chi connectivity index (χ1n) is 22.3. The zero-order valence-corrected chi connectivity index (χ0v) is 37.7. The van der Waals surface area contributed by atoms with Gasteiger partial charge in [-0.15, -0.1) is 0 Å². The molecule has 1 aliphatic rings. The Morgan fingerprint density at radius 1 is 0.785 bits per heavy atom. The molecule has 1 aliphatic heterocycles. The molecule has 17 nitrogen and oxygen atoms in total. The third-order valence-electron chi connectivity index (χ3n) is 11.8. The number of primary amides is 1. The van der Waals surface area contributed by atoms with Gasteiger partial charge >= 0.3 is 12.0 Å². The number of rotatable bonds is 15. The van der Waals surface area contributed by atoms with Gasteiger partial charge in [0.15, 0.2) is 0 Å². The molecule has 7 unspecified atom stereocenters. The van der Waals surface area contributed by atoms with Crippen LogP contribution in [0, 0.1) is 5.92 Å². The topological polar surface area (TPSA) is 249 Å². The van der Waals surface area contributed by atoms with Gasteiger partial charge in [0.05, 0.1) is 6.42 Å². The van der Waals surface area contributed by atoms with Crippen LogP contribution in [0.15, 0.2) is 91.0 Å². The predicted octanol–water partition coefficient (Wildman–Crippen LogP) is 2.46. The Bertz CT molecular complexity index is 2070. The van der Waals surface area contributed by atoms with E-state index in [0.717, 1.165) is 16.0 Å². The van der Waals surface area contributed by atoms with Crippen LogP contribution in [0.4, 0.5) is 4.79 Å². The number of nitrogens with two attached hydrogens (primary N) is 1. The first-order chi connectivity index (χ1) is 31.1. The Hall–Kier alpha value is -6.78. The monoisotopic (exact) mass is 896 g/mol. The lowest BCUT2D eigenvalue weighted by Gasteiger charge is -2.38. The minimum Gasteiger partial charge on any atom is -0.480 e. The van der Waals surface area contributed by atoms with Gasteiger partial charge in [-0.1, -0.05) is 111 Å². The van der Waals surface area contributed by atoms with Crippen LogP contribution in [-0.2, 0) is 52.8 Å². The number of carboxylic acid groups (broad SMARTS) is 1. The van der Waals surface area contributed by atoms with Crippen molar-refractivity contribution in [2.75, 3.05) is 20.1 Å². The smallest absolute Gasteiger partial charge is 0.326 e. The number of hydrogen-bond donors (Lipinski definition) is 7. The van der Waals surface area contributed by atoms with Crippen LogP contribution in [0.2, 0.25) is 0 Å². The van der Waals surface area contributed by atoms with Crippen molar-refractivity contribution >= 4 is 47.4 Å². The molecule has 350 valence electrons. The number of carboxylic acids is 1. The largest absolute Gasteiger partial charge is 0.480 e. The highest BCUT2D eigenvalue weighted by molar-refractivity contribution is 5.98. The average molecular weight is 897 g/mol. The maximum atomic E-state index is 14.9. The first-order valence-corrected chi connectivity index (χ1v) is 22.3. The molecule has 1 fully saturated rings. The number of amides is 8. The lowest BCUT2D eigenvalue weighted by atomic mass is 9.95. The minimum absolute atomic E-state index is 0.00868. The van der Waals surface area contributed by atoms with E-state index in [1.807, 2.05) is 43.3 Å². The molecule has 65 heavy (non-hydrogen) atoms. The second-order valence-corrected chi connectivity index (χ2v) is 16.5. The van der Waals surface area contributed by atoms with Crippen LogP contribution >= 0.6 is 0 Å². The van der Waals surface area contributed by atoms with E-state index in [4.69, 9.17) is 5.73 Å². The molecule has 0 aromatic heterocycles. The van der Waals surface area contributed by atoms with Gasteiger partial charge in [-0.25, -0.2) is 9.59 Å². The van der Waals surface area contributed by atoms with Crippen LogP contribution in [0.1, 0.15) is 76.0 Å². The summed E-state index contributed by atoms with van der Waals surface area (Å²) in [5.41, 5.74) is 7.93. The molecule has 1 heterocycles. The predicted molar refractivity (Wildman–Crippen MR) is 244 cm³/mol. The Morgan fingerprint density at radius 3 is 1.95 bits per heavy atom. The number of aliphatic carboxylic acids is 1. The summed E-state index contributed by atoms with van der Waals surface area (Å²) in [6.07, 6.45) is 0.964. The Labute approximate surface area is 380 Å². The van der Waals surface area contributed by atoms with Crippen molar-refractivity contribution in [3.8, 4) is 0 Å². The van der Waals surface area contributed by atoms with Gasteiger partial charge in [0.25, 0.3) is 0 Å². The fraction of sp³-hybridized carbons (Fsp3) is 0.458. The van der Waals surface area contributed by atoms with E-state index in [9.17, 15) is 43.5 Å². The summed E-state index contributed by atoms with van der Waals surface area (Å²) in [6, 6.07) is 18.5. The van der Waals surface area contributed by atoms with Crippen LogP contribution in [0.25, 0.3) is 0 Å². The average Bonchev–Trinajstić information content (AvgIpc) is 3.29. The molecule has 8 amide bonds. The number of aryl methyl sites for hydroxylation is 1. The van der Waals surface area contributed by atoms with Crippen molar-refractivity contribution in [2.45, 2.75) is 115 Å². The second kappa shape index (κ2) is 25.5. The highest BCUT2D eigenvalue weighted by Gasteiger charge is 2.41. The van der Waals surface area contributed by atoms with Gasteiger partial charge < -0.3 is 47.2 Å². The molecule has 4 rings (SSSR count). The molecule has 17 heteroatoms. The van der Waals surface area contributed by atoms with Crippen molar-refractivity contribution in [3.05, 3.63) is 108 Å². The van der Waals surface area contributed by atoms with Crippen molar-refractivity contribution < 1.29 is 43.5 Å². The third-order valence-corrected chi connectivity index (χ3v) is 11.8. The molecular weight excluding hydrogens is 833 g/mol. The van der Waals surface area contributed by atoms with Gasteiger partial charge in [-0.2, -0.15) is 0 Å². The first kappa shape index (κ1) is 50.9. The van der Waals surface area contributed by atoms with Crippen LogP contribution < -0.4 is 32.3 Å². The van der Waals surface area contributed by atoms with Crippen LogP contribution in [0.5, 0.6) is 0 Å². The van der Waals surface area contributed by atoms with Gasteiger partial charge in [0.2, 0.25) is 35.4 Å². The Kier molecular flexibility index (Phi) is 20.0. The van der Waals surface area contributed by atoms with E-state index in [2.05, 4.69) is 26.6 Å². The molecule has 8 N–H and O–H groups in total. The van der Waals surface area contributed by atoms with Crippen LogP contribution in [0.3, 0.4) is 0 Å². The highest BCUT2D eigenvalue weighted by Crippen LogP contribution is 2.21. The summed E-state index contributed by atoms with van der Waals surface area (Å²) in [4.78, 5) is 113. The van der Waals surface area contributed by atoms with E-state index >= 15 is 0 Å². The molecule has 3 aromatic carbocycles. The normalized spacial score (nSPS) is 21.6. The van der Waals surface area contributed by atoms with E-state index in [0.29, 0.717) is 24.8 Å². The van der Waals surface area contributed by atoms with Gasteiger partial charge in [0.1, 0.15) is 36.3 Å². The third kappa shape index (κ3) is 15.5. The van der Waals surface area contributed by atoms with Crippen molar-refractivity contribution in [1.29, 1.82) is 0 Å². The minimum atomic E-state index is -1.46. The quantitative estimate of drug-likeness (QED) is 0.118. The molecular formula is C48H64N8O9. The molecule has 0 aliphatic carbocycles. The van der Waals surface area contributed by atoms with E-state index in [1.54, 1.807) is 68.4 Å². The van der Waals surface area contributed by atoms with Crippen molar-refractivity contribution in [2.24, 2.45) is 11.7 Å². The van der Waals surface area contributed by atoms with E-state index in [1.165, 1.54) is 11.9 Å². The second-order valence-electron chi connectivity index (χ2n) is 16.5.